The number of carbonyl (C=O) groups is 1. The van der Waals surface area contributed by atoms with Crippen LogP contribution in [0.2, 0.25) is 5.02 Å². The fourth-order valence-corrected chi connectivity index (χ4v) is 3.63. The maximum Gasteiger partial charge on any atom is 0.304 e. The number of hydrogen-bond donors (Lipinski definition) is 1. The Hall–Kier alpha value is -1.08. The first-order valence-electron chi connectivity index (χ1n) is 6.40. The van der Waals surface area contributed by atoms with Crippen molar-refractivity contribution in [3.05, 3.63) is 16.4 Å². The second kappa shape index (κ2) is 6.58. The van der Waals surface area contributed by atoms with Crippen LogP contribution in [0.15, 0.2) is 0 Å². The number of carboxylic acid groups (broad SMARTS) is 1. The van der Waals surface area contributed by atoms with Gasteiger partial charge >= 0.3 is 5.97 Å². The summed E-state index contributed by atoms with van der Waals surface area (Å²) >= 11 is 6.16. The van der Waals surface area contributed by atoms with Crippen molar-refractivity contribution in [3.63, 3.8) is 0 Å². The van der Waals surface area contributed by atoms with Gasteiger partial charge in [0.1, 0.15) is 0 Å². The van der Waals surface area contributed by atoms with Crippen LogP contribution in [-0.2, 0) is 33.4 Å². The highest BCUT2D eigenvalue weighted by Crippen LogP contribution is 2.25. The summed E-state index contributed by atoms with van der Waals surface area (Å²) in [5, 5.41) is 12.4. The van der Waals surface area contributed by atoms with E-state index < -0.39 is 27.5 Å². The van der Waals surface area contributed by atoms with Gasteiger partial charge in [-0.3, -0.25) is 9.48 Å². The average molecular weight is 323 g/mol. The molecule has 0 bridgehead atoms. The third-order valence-electron chi connectivity index (χ3n) is 3.11. The van der Waals surface area contributed by atoms with E-state index in [9.17, 15) is 13.2 Å². The molecular weight excluding hydrogens is 304 g/mol. The van der Waals surface area contributed by atoms with E-state index in [2.05, 4.69) is 5.10 Å². The number of aryl methyl sites for hydroxylation is 2. The van der Waals surface area contributed by atoms with Gasteiger partial charge in [0, 0.05) is 6.54 Å². The second-order valence-electron chi connectivity index (χ2n) is 4.59. The zero-order chi connectivity index (χ0) is 15.5. The largest absolute Gasteiger partial charge is 0.481 e. The van der Waals surface area contributed by atoms with Crippen molar-refractivity contribution in [3.8, 4) is 0 Å². The summed E-state index contributed by atoms with van der Waals surface area (Å²) in [5.74, 6) is -1.42. The van der Waals surface area contributed by atoms with Crippen LogP contribution in [0.5, 0.6) is 0 Å². The van der Waals surface area contributed by atoms with Crippen LogP contribution in [0.25, 0.3) is 0 Å². The summed E-state index contributed by atoms with van der Waals surface area (Å²) in [6.07, 6.45) is 0.199. The molecule has 0 aliphatic rings. The summed E-state index contributed by atoms with van der Waals surface area (Å²) in [5.41, 5.74) is 1.09. The lowest BCUT2D eigenvalue weighted by atomic mass is 10.3. The minimum Gasteiger partial charge on any atom is -0.481 e. The van der Waals surface area contributed by atoms with Crippen LogP contribution in [0.1, 0.15) is 38.6 Å². The molecule has 0 aromatic carbocycles. The van der Waals surface area contributed by atoms with E-state index in [1.165, 1.54) is 6.92 Å². The molecule has 0 amide bonds. The van der Waals surface area contributed by atoms with Gasteiger partial charge in [0.2, 0.25) is 0 Å². The van der Waals surface area contributed by atoms with Gasteiger partial charge in [0.25, 0.3) is 0 Å². The summed E-state index contributed by atoms with van der Waals surface area (Å²) in [4.78, 5) is 10.6. The van der Waals surface area contributed by atoms with Crippen LogP contribution < -0.4 is 0 Å². The van der Waals surface area contributed by atoms with E-state index in [4.69, 9.17) is 16.7 Å². The van der Waals surface area contributed by atoms with Crippen LogP contribution in [-0.4, -0.2) is 34.5 Å². The first-order chi connectivity index (χ1) is 9.22. The smallest absolute Gasteiger partial charge is 0.304 e. The molecule has 6 nitrogen and oxygen atoms in total. The molecule has 1 aromatic heterocycles. The molecular formula is C12H19ClN2O4S. The normalized spacial score (nSPS) is 13.4. The van der Waals surface area contributed by atoms with Crippen molar-refractivity contribution in [2.24, 2.45) is 0 Å². The number of hydrogen-bond acceptors (Lipinski definition) is 4. The quantitative estimate of drug-likeness (QED) is 0.828. The Balaban J connectivity index is 3.09. The van der Waals surface area contributed by atoms with Gasteiger partial charge in [0.15, 0.2) is 9.84 Å². The SMILES string of the molecule is CCc1nn(CC)c(CS(=O)(=O)C(C)CC(=O)O)c1Cl. The number of aliphatic carboxylic acids is 1. The zero-order valence-electron chi connectivity index (χ0n) is 11.8. The van der Waals surface area contributed by atoms with Crippen LogP contribution in [0.4, 0.5) is 0 Å². The minimum atomic E-state index is -3.58. The lowest BCUT2D eigenvalue weighted by molar-refractivity contribution is -0.136. The molecule has 0 saturated heterocycles. The molecule has 1 N–H and O–H groups in total. The van der Waals surface area contributed by atoms with E-state index >= 15 is 0 Å². The molecule has 1 heterocycles. The second-order valence-corrected chi connectivity index (χ2v) is 7.39. The maximum atomic E-state index is 12.2. The van der Waals surface area contributed by atoms with Crippen molar-refractivity contribution in [2.75, 3.05) is 0 Å². The Morgan fingerprint density at radius 2 is 2.05 bits per heavy atom. The van der Waals surface area contributed by atoms with E-state index in [-0.39, 0.29) is 5.75 Å². The third kappa shape index (κ3) is 3.73. The molecule has 0 saturated carbocycles. The number of nitrogens with zero attached hydrogens (tertiary/aromatic N) is 2. The Morgan fingerprint density at radius 3 is 2.50 bits per heavy atom. The summed E-state index contributed by atoms with van der Waals surface area (Å²) in [6, 6.07) is 0. The van der Waals surface area contributed by atoms with Gasteiger partial charge in [-0.15, -0.1) is 0 Å². The van der Waals surface area contributed by atoms with Gasteiger partial charge in [-0.2, -0.15) is 5.10 Å². The minimum absolute atomic E-state index is 0.291. The van der Waals surface area contributed by atoms with Gasteiger partial charge < -0.3 is 5.11 Å². The first kappa shape index (κ1) is 17.0. The van der Waals surface area contributed by atoms with Gasteiger partial charge in [-0.1, -0.05) is 18.5 Å². The Labute approximate surface area is 123 Å². The third-order valence-corrected chi connectivity index (χ3v) is 5.61. The van der Waals surface area contributed by atoms with Crippen molar-refractivity contribution in [1.29, 1.82) is 0 Å². The predicted molar refractivity (Wildman–Crippen MR) is 76.6 cm³/mol. The highest BCUT2D eigenvalue weighted by Gasteiger charge is 2.27. The molecule has 0 radical (unpaired) electrons. The van der Waals surface area contributed by atoms with Gasteiger partial charge in [-0.25, -0.2) is 8.42 Å². The molecule has 1 rings (SSSR count). The van der Waals surface area contributed by atoms with E-state index in [0.717, 1.165) is 0 Å². The molecule has 0 aliphatic heterocycles. The Bertz CT molecular complexity index is 595. The van der Waals surface area contributed by atoms with Gasteiger partial charge in [-0.05, 0) is 20.3 Å². The molecule has 8 heteroatoms. The lowest BCUT2D eigenvalue weighted by Gasteiger charge is -2.12. The Kier molecular flexibility index (Phi) is 5.59. The van der Waals surface area contributed by atoms with Crippen molar-refractivity contribution in [2.45, 2.75) is 51.2 Å². The summed E-state index contributed by atoms with van der Waals surface area (Å²) < 4.78 is 25.9. The van der Waals surface area contributed by atoms with Crippen molar-refractivity contribution >= 4 is 27.4 Å². The zero-order valence-corrected chi connectivity index (χ0v) is 13.3. The Morgan fingerprint density at radius 1 is 1.45 bits per heavy atom. The highest BCUT2D eigenvalue weighted by molar-refractivity contribution is 7.91. The molecule has 20 heavy (non-hydrogen) atoms. The molecule has 1 aromatic rings. The predicted octanol–water partition coefficient (Wildman–Crippen LogP) is 1.90. The number of halogens is 1. The fourth-order valence-electron chi connectivity index (χ4n) is 1.86. The van der Waals surface area contributed by atoms with E-state index in [1.807, 2.05) is 13.8 Å². The van der Waals surface area contributed by atoms with Gasteiger partial charge in [0.05, 0.1) is 33.8 Å². The molecule has 114 valence electrons. The van der Waals surface area contributed by atoms with Crippen molar-refractivity contribution < 1.29 is 18.3 Å². The first-order valence-corrected chi connectivity index (χ1v) is 8.49. The van der Waals surface area contributed by atoms with Crippen molar-refractivity contribution in [1.82, 2.24) is 9.78 Å². The topological polar surface area (TPSA) is 89.3 Å². The highest BCUT2D eigenvalue weighted by atomic mass is 35.5. The molecule has 0 spiro atoms. The monoisotopic (exact) mass is 322 g/mol. The summed E-state index contributed by atoms with van der Waals surface area (Å²) in [7, 11) is -3.58. The molecule has 0 aliphatic carbocycles. The number of sulfone groups is 1. The number of carboxylic acids is 1. The average Bonchev–Trinajstić information content (AvgIpc) is 2.65. The van der Waals surface area contributed by atoms with E-state index in [1.54, 1.807) is 4.68 Å². The van der Waals surface area contributed by atoms with Crippen LogP contribution in [0.3, 0.4) is 0 Å². The lowest BCUT2D eigenvalue weighted by Crippen LogP contribution is -2.24. The molecule has 0 fully saturated rings. The van der Waals surface area contributed by atoms with Crippen LogP contribution >= 0.6 is 11.6 Å². The van der Waals surface area contributed by atoms with Crippen LogP contribution in [0, 0.1) is 0 Å². The molecule has 1 atom stereocenters. The maximum absolute atomic E-state index is 12.2. The standard InChI is InChI=1S/C12H19ClN2O4S/c1-4-9-12(13)10(15(5-2)14-9)7-20(18,19)8(3)6-11(16)17/h8H,4-7H2,1-3H3,(H,16,17). The molecule has 1 unspecified atom stereocenters. The number of rotatable bonds is 7. The fraction of sp³-hybridized carbons (Fsp3) is 0.667. The van der Waals surface area contributed by atoms with E-state index in [0.29, 0.717) is 29.4 Å². The summed E-state index contributed by atoms with van der Waals surface area (Å²) in [6.45, 7) is 5.64. The number of aromatic nitrogens is 2.